The molecule has 0 fully saturated rings. The van der Waals surface area contributed by atoms with E-state index >= 15 is 0 Å². The molecule has 0 atom stereocenters. The van der Waals surface area contributed by atoms with Gasteiger partial charge >= 0.3 is 11.6 Å². The van der Waals surface area contributed by atoms with Gasteiger partial charge in [-0.15, -0.1) is 0 Å². The van der Waals surface area contributed by atoms with Gasteiger partial charge in [0.1, 0.15) is 18.0 Å². The number of anilines is 2. The maximum atomic E-state index is 13.9. The van der Waals surface area contributed by atoms with Crippen LogP contribution in [-0.2, 0) is 0 Å². The van der Waals surface area contributed by atoms with Gasteiger partial charge in [-0.25, -0.2) is 13.8 Å². The minimum atomic E-state index is -0.935. The van der Waals surface area contributed by atoms with Gasteiger partial charge in [-0.3, -0.25) is 10.1 Å². The van der Waals surface area contributed by atoms with Crippen LogP contribution >= 0.6 is 0 Å². The average Bonchev–Trinajstić information content (AvgIpc) is 2.64. The Kier molecular flexibility index (Phi) is 5.06. The molecule has 8 nitrogen and oxygen atoms in total. The van der Waals surface area contributed by atoms with E-state index in [1.807, 2.05) is 0 Å². The molecule has 0 unspecified atom stereocenters. The summed E-state index contributed by atoms with van der Waals surface area (Å²) in [5, 5.41) is 14.0. The molecule has 138 valence electrons. The molecule has 10 heteroatoms. The Bertz CT molecular complexity index is 1000. The topological polar surface area (TPSA) is 99.4 Å². The summed E-state index contributed by atoms with van der Waals surface area (Å²) in [6, 6.07) is 9.23. The molecule has 0 saturated heterocycles. The number of rotatable bonds is 6. The average molecular weight is 374 g/mol. The van der Waals surface area contributed by atoms with Gasteiger partial charge in [-0.2, -0.15) is 4.98 Å². The first-order chi connectivity index (χ1) is 13.0. The smallest absolute Gasteiger partial charge is 0.373 e. The summed E-state index contributed by atoms with van der Waals surface area (Å²) in [5.41, 5.74) is -0.812. The molecular weight excluding hydrogens is 362 g/mol. The molecule has 0 amide bonds. The standard InChI is InChI=1S/C17H12F2N4O4/c1-26-13-4-2-3-5-14(13)27-17-15(23(24)25)16(20-9-21-17)22-12-7-6-10(18)8-11(12)19/h2-9H,1H3,(H,20,21,22). The van der Waals surface area contributed by atoms with Gasteiger partial charge in [0.05, 0.1) is 17.7 Å². The van der Waals surface area contributed by atoms with Crippen LogP contribution in [0.5, 0.6) is 17.4 Å². The fraction of sp³-hybridized carbons (Fsp3) is 0.0588. The van der Waals surface area contributed by atoms with Crippen molar-refractivity contribution in [3.05, 3.63) is 70.5 Å². The van der Waals surface area contributed by atoms with Crippen molar-refractivity contribution in [1.29, 1.82) is 0 Å². The molecule has 3 rings (SSSR count). The molecule has 0 aliphatic heterocycles. The predicted molar refractivity (Wildman–Crippen MR) is 91.4 cm³/mol. The van der Waals surface area contributed by atoms with Crippen molar-refractivity contribution in [1.82, 2.24) is 9.97 Å². The number of nitrogens with zero attached hydrogens (tertiary/aromatic N) is 3. The van der Waals surface area contributed by atoms with E-state index < -0.39 is 22.2 Å². The number of hydrogen-bond donors (Lipinski definition) is 1. The SMILES string of the molecule is COc1ccccc1Oc1ncnc(Nc2ccc(F)cc2F)c1[N+](=O)[O-]. The van der Waals surface area contributed by atoms with Crippen molar-refractivity contribution in [2.24, 2.45) is 0 Å². The second kappa shape index (κ2) is 7.60. The van der Waals surface area contributed by atoms with Crippen molar-refractivity contribution >= 4 is 17.2 Å². The van der Waals surface area contributed by atoms with Crippen LogP contribution in [0, 0.1) is 21.7 Å². The monoisotopic (exact) mass is 374 g/mol. The van der Waals surface area contributed by atoms with Gasteiger partial charge in [0.2, 0.25) is 5.82 Å². The Labute approximate surface area is 151 Å². The first kappa shape index (κ1) is 18.0. The highest BCUT2D eigenvalue weighted by Crippen LogP contribution is 2.38. The molecule has 1 aromatic heterocycles. The van der Waals surface area contributed by atoms with Gasteiger partial charge in [-0.05, 0) is 24.3 Å². The van der Waals surface area contributed by atoms with Crippen LogP contribution in [0.15, 0.2) is 48.8 Å². The first-order valence-corrected chi connectivity index (χ1v) is 7.52. The zero-order chi connectivity index (χ0) is 19.4. The van der Waals surface area contributed by atoms with Gasteiger partial charge in [0.25, 0.3) is 0 Å². The lowest BCUT2D eigenvalue weighted by Gasteiger charge is -2.11. The quantitative estimate of drug-likeness (QED) is 0.510. The number of hydrogen-bond acceptors (Lipinski definition) is 7. The van der Waals surface area contributed by atoms with Crippen molar-refractivity contribution in [2.75, 3.05) is 12.4 Å². The van der Waals surface area contributed by atoms with Crippen LogP contribution in [0.25, 0.3) is 0 Å². The molecule has 0 bridgehead atoms. The van der Waals surface area contributed by atoms with Crippen LogP contribution in [0.2, 0.25) is 0 Å². The molecule has 27 heavy (non-hydrogen) atoms. The summed E-state index contributed by atoms with van der Waals surface area (Å²) >= 11 is 0. The van der Waals surface area contributed by atoms with Crippen molar-refractivity contribution < 1.29 is 23.2 Å². The molecule has 0 spiro atoms. The van der Waals surface area contributed by atoms with Gasteiger partial charge in [0, 0.05) is 6.07 Å². The highest BCUT2D eigenvalue weighted by molar-refractivity contribution is 5.69. The maximum absolute atomic E-state index is 13.9. The number of aromatic nitrogens is 2. The Morgan fingerprint density at radius 1 is 1.11 bits per heavy atom. The second-order valence-corrected chi connectivity index (χ2v) is 5.14. The summed E-state index contributed by atoms with van der Waals surface area (Å²) < 4.78 is 37.5. The molecule has 1 N–H and O–H groups in total. The predicted octanol–water partition coefficient (Wildman–Crippen LogP) is 4.21. The van der Waals surface area contributed by atoms with E-state index in [9.17, 15) is 18.9 Å². The normalized spacial score (nSPS) is 10.3. The van der Waals surface area contributed by atoms with E-state index in [2.05, 4.69) is 15.3 Å². The largest absolute Gasteiger partial charge is 0.493 e. The van der Waals surface area contributed by atoms with Crippen molar-refractivity contribution in [3.63, 3.8) is 0 Å². The third kappa shape index (κ3) is 3.89. The Morgan fingerprint density at radius 2 is 1.85 bits per heavy atom. The molecule has 1 heterocycles. The number of nitro groups is 1. The highest BCUT2D eigenvalue weighted by atomic mass is 19.1. The lowest BCUT2D eigenvalue weighted by molar-refractivity contribution is -0.385. The van der Waals surface area contributed by atoms with E-state index in [-0.39, 0.29) is 23.1 Å². The summed E-state index contributed by atoms with van der Waals surface area (Å²) in [4.78, 5) is 18.3. The first-order valence-electron chi connectivity index (χ1n) is 7.52. The zero-order valence-electron chi connectivity index (χ0n) is 13.8. The van der Waals surface area contributed by atoms with E-state index in [1.165, 1.54) is 13.2 Å². The van der Waals surface area contributed by atoms with Gasteiger partial charge in [0.15, 0.2) is 11.5 Å². The fourth-order valence-electron chi connectivity index (χ4n) is 2.22. The Hall–Kier alpha value is -3.82. The number of methoxy groups -OCH3 is 1. The molecule has 0 saturated carbocycles. The van der Waals surface area contributed by atoms with Gasteiger partial charge < -0.3 is 14.8 Å². The van der Waals surface area contributed by atoms with Crippen LogP contribution < -0.4 is 14.8 Å². The summed E-state index contributed by atoms with van der Waals surface area (Å²) in [6.07, 6.45) is 1.02. The molecule has 0 aliphatic carbocycles. The van der Waals surface area contributed by atoms with Gasteiger partial charge in [-0.1, -0.05) is 12.1 Å². The van der Waals surface area contributed by atoms with Crippen LogP contribution in [0.4, 0.5) is 26.0 Å². The molecule has 2 aromatic carbocycles. The number of benzene rings is 2. The Morgan fingerprint density at radius 3 is 2.52 bits per heavy atom. The third-order valence-corrected chi connectivity index (χ3v) is 3.43. The fourth-order valence-corrected chi connectivity index (χ4v) is 2.22. The second-order valence-electron chi connectivity index (χ2n) is 5.14. The van der Waals surface area contributed by atoms with E-state index in [4.69, 9.17) is 9.47 Å². The van der Waals surface area contributed by atoms with Crippen LogP contribution in [0.1, 0.15) is 0 Å². The number of ether oxygens (including phenoxy) is 2. The third-order valence-electron chi connectivity index (χ3n) is 3.43. The van der Waals surface area contributed by atoms with Crippen LogP contribution in [-0.4, -0.2) is 22.0 Å². The zero-order valence-corrected chi connectivity index (χ0v) is 13.8. The summed E-state index contributed by atoms with van der Waals surface area (Å²) in [6.45, 7) is 0. The maximum Gasteiger partial charge on any atom is 0.373 e. The summed E-state index contributed by atoms with van der Waals surface area (Å²) in [7, 11) is 1.42. The molecule has 3 aromatic rings. The van der Waals surface area contributed by atoms with Crippen LogP contribution in [0.3, 0.4) is 0 Å². The number of nitrogens with one attached hydrogen (secondary N) is 1. The van der Waals surface area contributed by atoms with E-state index in [1.54, 1.807) is 18.2 Å². The Balaban J connectivity index is 2.01. The number of halogens is 2. The lowest BCUT2D eigenvalue weighted by atomic mass is 10.3. The van der Waals surface area contributed by atoms with Crippen molar-refractivity contribution in [3.8, 4) is 17.4 Å². The summed E-state index contributed by atoms with van der Waals surface area (Å²) in [5.74, 6) is -1.87. The van der Waals surface area contributed by atoms with Crippen molar-refractivity contribution in [2.45, 2.75) is 0 Å². The van der Waals surface area contributed by atoms with E-state index in [0.717, 1.165) is 18.5 Å². The molecular formula is C17H12F2N4O4. The lowest BCUT2D eigenvalue weighted by Crippen LogP contribution is -2.05. The van der Waals surface area contributed by atoms with E-state index in [0.29, 0.717) is 11.8 Å². The molecule has 0 radical (unpaired) electrons. The minimum absolute atomic E-state index is 0.193. The minimum Gasteiger partial charge on any atom is -0.493 e. The molecule has 0 aliphatic rings. The number of para-hydroxylation sites is 2. The highest BCUT2D eigenvalue weighted by Gasteiger charge is 2.26.